The molecular formula is C60H84N2O11. The molecule has 4 N–H and O–H groups in total. The van der Waals surface area contributed by atoms with Crippen molar-refractivity contribution >= 4 is 0 Å². The second-order valence-corrected chi connectivity index (χ2v) is 18.7. The molecule has 0 aliphatic carbocycles. The van der Waals surface area contributed by atoms with Crippen LogP contribution in [0, 0.1) is 0 Å². The molecule has 0 radical (unpaired) electrons. The standard InChI is InChI=1S/C60H84N2O11/c1-9-21-49-25-13-17-29-57(49)70-41-53(63)33-61(34-54(64)42-71-58-30-18-14-26-50(58)22-10-2)45(5)37-67-39-47(7)69-40-48(8)68-38-46(6)62(35-55(65)43-72-59-31-19-15-27-51(59)23-11-3)36-56(66)44-73-60-32-20-16-28-52(60)24-12-4/h9-20,25-32,45-48,53-56,63-66H,1-4,21-24,33-44H2,5-8H3. The van der Waals surface area contributed by atoms with Crippen molar-refractivity contribution in [3.63, 3.8) is 0 Å². The van der Waals surface area contributed by atoms with Crippen molar-refractivity contribution in [3.05, 3.63) is 170 Å². The summed E-state index contributed by atoms with van der Waals surface area (Å²) < 4.78 is 42.9. The topological polar surface area (TPSA) is 152 Å². The summed E-state index contributed by atoms with van der Waals surface area (Å²) in [6.45, 7) is 25.7. The van der Waals surface area contributed by atoms with Crippen LogP contribution in [0.4, 0.5) is 0 Å². The summed E-state index contributed by atoms with van der Waals surface area (Å²) >= 11 is 0. The monoisotopic (exact) mass is 1010 g/mol. The third-order valence-corrected chi connectivity index (χ3v) is 12.0. The molecule has 13 nitrogen and oxygen atoms in total. The molecule has 8 unspecified atom stereocenters. The quantitative estimate of drug-likeness (QED) is 0.0321. The smallest absolute Gasteiger partial charge is 0.122 e. The summed E-state index contributed by atoms with van der Waals surface area (Å²) in [6.07, 6.45) is 5.88. The molecule has 0 spiro atoms. The SMILES string of the molecule is C=CCc1ccccc1OCC(O)CN(CC(O)COc1ccccc1CC=C)C(C)COCC(C)OCC(C)OCC(C)N(CC(O)COc1ccccc1CC=C)CC(O)COc1ccccc1CC=C. The Morgan fingerprint density at radius 2 is 0.658 bits per heavy atom. The van der Waals surface area contributed by atoms with Gasteiger partial charge < -0.3 is 53.6 Å². The van der Waals surface area contributed by atoms with Crippen LogP contribution in [0.1, 0.15) is 49.9 Å². The minimum Gasteiger partial charge on any atom is -0.491 e. The van der Waals surface area contributed by atoms with Crippen molar-refractivity contribution < 1.29 is 53.6 Å². The van der Waals surface area contributed by atoms with Crippen molar-refractivity contribution in [2.75, 3.05) is 79.0 Å². The first kappa shape index (κ1) is 60.2. The van der Waals surface area contributed by atoms with Crippen molar-refractivity contribution in [1.29, 1.82) is 0 Å². The van der Waals surface area contributed by atoms with Gasteiger partial charge in [0.05, 0.1) is 38.6 Å². The second kappa shape index (κ2) is 34.2. The molecule has 0 amide bonds. The maximum Gasteiger partial charge on any atom is 0.122 e. The van der Waals surface area contributed by atoms with E-state index in [2.05, 4.69) is 26.3 Å². The Kier molecular flexibility index (Phi) is 28.2. The maximum atomic E-state index is 11.2. The van der Waals surface area contributed by atoms with Gasteiger partial charge in [-0.05, 0) is 99.9 Å². The van der Waals surface area contributed by atoms with Crippen LogP contribution in [0.5, 0.6) is 23.0 Å². The van der Waals surface area contributed by atoms with Gasteiger partial charge in [-0.15, -0.1) is 26.3 Å². The van der Waals surface area contributed by atoms with E-state index in [0.717, 1.165) is 22.3 Å². The number of hydrogen-bond donors (Lipinski definition) is 4. The largest absolute Gasteiger partial charge is 0.491 e. The lowest BCUT2D eigenvalue weighted by atomic mass is 10.1. The van der Waals surface area contributed by atoms with E-state index in [1.807, 2.05) is 159 Å². The van der Waals surface area contributed by atoms with Crippen LogP contribution >= 0.6 is 0 Å². The summed E-state index contributed by atoms with van der Waals surface area (Å²) in [5.41, 5.74) is 3.94. The third kappa shape index (κ3) is 22.8. The number of rotatable bonds is 40. The van der Waals surface area contributed by atoms with E-state index in [0.29, 0.717) is 75.1 Å². The first-order chi connectivity index (χ1) is 35.3. The molecule has 4 aromatic rings. The van der Waals surface area contributed by atoms with E-state index < -0.39 is 24.4 Å². The molecule has 0 bridgehead atoms. The number of aliphatic hydroxyl groups is 4. The molecule has 0 heterocycles. The maximum absolute atomic E-state index is 11.2. The van der Waals surface area contributed by atoms with Crippen molar-refractivity contribution in [1.82, 2.24) is 9.80 Å². The van der Waals surface area contributed by atoms with Crippen LogP contribution < -0.4 is 18.9 Å². The number of allylic oxidation sites excluding steroid dienone is 4. The Morgan fingerprint density at radius 3 is 0.973 bits per heavy atom. The average molecular weight is 1010 g/mol. The molecule has 8 atom stereocenters. The summed E-state index contributed by atoms with van der Waals surface area (Å²) in [7, 11) is 0. The summed E-state index contributed by atoms with van der Waals surface area (Å²) in [4.78, 5) is 3.98. The molecule has 4 aromatic carbocycles. The molecule has 0 fully saturated rings. The van der Waals surface area contributed by atoms with Crippen molar-refractivity contribution in [3.8, 4) is 23.0 Å². The number of benzene rings is 4. The molecule has 4 rings (SSSR count). The van der Waals surface area contributed by atoms with Crippen LogP contribution in [0.25, 0.3) is 0 Å². The van der Waals surface area contributed by atoms with E-state index in [9.17, 15) is 20.4 Å². The van der Waals surface area contributed by atoms with Gasteiger partial charge in [-0.25, -0.2) is 0 Å². The van der Waals surface area contributed by atoms with Crippen LogP contribution in [0.15, 0.2) is 148 Å². The van der Waals surface area contributed by atoms with Crippen LogP contribution in [0.2, 0.25) is 0 Å². The molecular weight excluding hydrogens is 925 g/mol. The molecule has 0 aromatic heterocycles. The lowest BCUT2D eigenvalue weighted by molar-refractivity contribution is -0.0756. The normalized spacial score (nSPS) is 14.8. The predicted octanol–water partition coefficient (Wildman–Crippen LogP) is 7.87. The lowest BCUT2D eigenvalue weighted by Crippen LogP contribution is -2.48. The number of nitrogens with zero attached hydrogens (tertiary/aromatic N) is 2. The number of aliphatic hydroxyl groups excluding tert-OH is 4. The average Bonchev–Trinajstić information content (AvgIpc) is 3.38. The highest BCUT2D eigenvalue weighted by atomic mass is 16.6. The minimum absolute atomic E-state index is 0.0624. The van der Waals surface area contributed by atoms with Gasteiger partial charge in [0, 0.05) is 38.3 Å². The van der Waals surface area contributed by atoms with Crippen LogP contribution in [-0.2, 0) is 39.9 Å². The highest BCUT2D eigenvalue weighted by Gasteiger charge is 2.25. The Balaban J connectivity index is 1.29. The Morgan fingerprint density at radius 1 is 0.384 bits per heavy atom. The van der Waals surface area contributed by atoms with Gasteiger partial charge in [0.1, 0.15) is 73.8 Å². The van der Waals surface area contributed by atoms with Gasteiger partial charge in [0.2, 0.25) is 0 Å². The predicted molar refractivity (Wildman–Crippen MR) is 291 cm³/mol. The van der Waals surface area contributed by atoms with Gasteiger partial charge in [0.15, 0.2) is 0 Å². The van der Waals surface area contributed by atoms with Gasteiger partial charge in [-0.2, -0.15) is 0 Å². The highest BCUT2D eigenvalue weighted by molar-refractivity contribution is 5.37. The molecule has 400 valence electrons. The van der Waals surface area contributed by atoms with E-state index >= 15 is 0 Å². The Bertz CT molecular complexity index is 2060. The number of para-hydroxylation sites is 4. The first-order valence-corrected chi connectivity index (χ1v) is 25.6. The third-order valence-electron chi connectivity index (χ3n) is 12.0. The Labute approximate surface area is 435 Å². The zero-order valence-electron chi connectivity index (χ0n) is 43.8. The van der Waals surface area contributed by atoms with Crippen LogP contribution in [-0.4, -0.2) is 158 Å². The molecule has 0 saturated carbocycles. The summed E-state index contributed by atoms with van der Waals surface area (Å²) in [5, 5.41) is 45.0. The van der Waals surface area contributed by atoms with Crippen LogP contribution in [0.3, 0.4) is 0 Å². The van der Waals surface area contributed by atoms with Gasteiger partial charge in [-0.1, -0.05) is 97.1 Å². The molecule has 0 saturated heterocycles. The molecule has 0 aliphatic heterocycles. The fraction of sp³-hybridized carbons (Fsp3) is 0.467. The number of ether oxygens (including phenoxy) is 7. The van der Waals surface area contributed by atoms with Crippen molar-refractivity contribution in [2.45, 2.75) is 102 Å². The van der Waals surface area contributed by atoms with Gasteiger partial charge in [-0.3, -0.25) is 9.80 Å². The van der Waals surface area contributed by atoms with E-state index in [1.165, 1.54) is 0 Å². The molecule has 0 aliphatic rings. The van der Waals surface area contributed by atoms with E-state index in [1.54, 1.807) is 0 Å². The van der Waals surface area contributed by atoms with E-state index in [4.69, 9.17) is 33.2 Å². The van der Waals surface area contributed by atoms with Crippen molar-refractivity contribution in [2.24, 2.45) is 0 Å². The van der Waals surface area contributed by atoms with Gasteiger partial charge in [0.25, 0.3) is 0 Å². The summed E-state index contributed by atoms with van der Waals surface area (Å²) in [5.74, 6) is 2.77. The number of hydrogen-bond acceptors (Lipinski definition) is 13. The van der Waals surface area contributed by atoms with E-state index in [-0.39, 0.29) is 76.9 Å². The first-order valence-electron chi connectivity index (χ1n) is 25.6. The molecule has 73 heavy (non-hydrogen) atoms. The lowest BCUT2D eigenvalue weighted by Gasteiger charge is -2.33. The Hall–Kier alpha value is -5.32. The van der Waals surface area contributed by atoms with Gasteiger partial charge >= 0.3 is 0 Å². The zero-order valence-corrected chi connectivity index (χ0v) is 43.8. The fourth-order valence-corrected chi connectivity index (χ4v) is 8.10. The summed E-state index contributed by atoms with van der Waals surface area (Å²) in [6, 6.07) is 30.4. The molecule has 13 heteroatoms. The highest BCUT2D eigenvalue weighted by Crippen LogP contribution is 2.23. The zero-order chi connectivity index (χ0) is 52.8. The minimum atomic E-state index is -0.860. The fourth-order valence-electron chi connectivity index (χ4n) is 8.10. The second-order valence-electron chi connectivity index (χ2n) is 18.7.